The maximum Gasteiger partial charge on any atom is 0.0689 e. The van der Waals surface area contributed by atoms with Gasteiger partial charge in [-0.3, -0.25) is 4.68 Å². The number of nitriles is 1. The molecule has 0 atom stereocenters. The molecule has 0 bridgehead atoms. The highest BCUT2D eigenvalue weighted by atomic mass is 15.2. The number of rotatable bonds is 3. The second kappa shape index (κ2) is 4.76. The van der Waals surface area contributed by atoms with Gasteiger partial charge >= 0.3 is 0 Å². The van der Waals surface area contributed by atoms with Crippen LogP contribution in [-0.2, 0) is 13.5 Å². The molecule has 1 aliphatic rings. The van der Waals surface area contributed by atoms with E-state index in [2.05, 4.69) is 31.2 Å². The normalized spacial score (nSPS) is 21.4. The lowest BCUT2D eigenvalue weighted by Gasteiger charge is -2.39. The van der Waals surface area contributed by atoms with Crippen LogP contribution in [0.5, 0.6) is 0 Å². The van der Waals surface area contributed by atoms with Crippen molar-refractivity contribution in [1.29, 1.82) is 5.26 Å². The molecule has 0 unspecified atom stereocenters. The van der Waals surface area contributed by atoms with Crippen LogP contribution in [-0.4, -0.2) is 9.78 Å². The summed E-state index contributed by atoms with van der Waals surface area (Å²) in [6.07, 6.45) is 10.4. The highest BCUT2D eigenvalue weighted by Gasteiger charge is 2.38. The number of aromatic nitrogens is 2. The Labute approximate surface area is 110 Å². The first-order chi connectivity index (χ1) is 8.45. The van der Waals surface area contributed by atoms with Crippen LogP contribution in [0.15, 0.2) is 12.4 Å². The SMILES string of the molecule is Cn1cc(CCC2(C#N)CCC(C)(C)CC2)cn1. The zero-order valence-electron chi connectivity index (χ0n) is 11.7. The molecular weight excluding hydrogens is 222 g/mol. The van der Waals surface area contributed by atoms with Crippen molar-refractivity contribution in [2.75, 3.05) is 0 Å². The average Bonchev–Trinajstić information content (AvgIpc) is 2.75. The molecule has 0 aromatic carbocycles. The largest absolute Gasteiger partial charge is 0.276 e. The standard InChI is InChI=1S/C15H23N3/c1-14(2)6-8-15(12-16,9-7-14)5-4-13-10-17-18(3)11-13/h10-11H,4-9H2,1-3H3. The number of nitrogens with zero attached hydrogens (tertiary/aromatic N) is 3. The van der Waals surface area contributed by atoms with E-state index in [1.165, 1.54) is 18.4 Å². The molecule has 0 saturated heterocycles. The second-order valence-corrected chi connectivity index (χ2v) is 6.58. The molecule has 98 valence electrons. The molecule has 0 radical (unpaired) electrons. The Morgan fingerprint density at radius 3 is 2.50 bits per heavy atom. The van der Waals surface area contributed by atoms with Gasteiger partial charge in [0.25, 0.3) is 0 Å². The number of aryl methyl sites for hydroxylation is 2. The third-order valence-corrected chi connectivity index (χ3v) is 4.45. The monoisotopic (exact) mass is 245 g/mol. The Morgan fingerprint density at radius 1 is 1.33 bits per heavy atom. The van der Waals surface area contributed by atoms with Gasteiger partial charge in [0.1, 0.15) is 0 Å². The van der Waals surface area contributed by atoms with Gasteiger partial charge < -0.3 is 0 Å². The molecular formula is C15H23N3. The Kier molecular flexibility index (Phi) is 3.47. The van der Waals surface area contributed by atoms with Gasteiger partial charge in [-0.1, -0.05) is 13.8 Å². The molecule has 0 N–H and O–H groups in total. The van der Waals surface area contributed by atoms with Crippen molar-refractivity contribution in [3.05, 3.63) is 18.0 Å². The first-order valence-electron chi connectivity index (χ1n) is 6.84. The van der Waals surface area contributed by atoms with Gasteiger partial charge in [-0.05, 0) is 49.5 Å². The van der Waals surface area contributed by atoms with Crippen LogP contribution in [0.25, 0.3) is 0 Å². The first kappa shape index (κ1) is 13.1. The topological polar surface area (TPSA) is 41.6 Å². The average molecular weight is 245 g/mol. The van der Waals surface area contributed by atoms with Crippen molar-refractivity contribution in [1.82, 2.24) is 9.78 Å². The van der Waals surface area contributed by atoms with E-state index >= 15 is 0 Å². The molecule has 3 heteroatoms. The number of hydrogen-bond donors (Lipinski definition) is 0. The third-order valence-electron chi connectivity index (χ3n) is 4.45. The van der Waals surface area contributed by atoms with E-state index in [0.717, 1.165) is 25.7 Å². The van der Waals surface area contributed by atoms with Crippen LogP contribution in [0.1, 0.15) is 51.5 Å². The van der Waals surface area contributed by atoms with Crippen LogP contribution in [0.4, 0.5) is 0 Å². The highest BCUT2D eigenvalue weighted by molar-refractivity contribution is 5.09. The van der Waals surface area contributed by atoms with Gasteiger partial charge in [-0.25, -0.2) is 0 Å². The smallest absolute Gasteiger partial charge is 0.0689 e. The fourth-order valence-corrected chi connectivity index (χ4v) is 2.81. The Balaban J connectivity index is 1.96. The zero-order valence-corrected chi connectivity index (χ0v) is 11.7. The summed E-state index contributed by atoms with van der Waals surface area (Å²) in [7, 11) is 1.94. The lowest BCUT2D eigenvalue weighted by Crippen LogP contribution is -2.30. The summed E-state index contributed by atoms with van der Waals surface area (Å²) < 4.78 is 1.83. The molecule has 0 spiro atoms. The highest BCUT2D eigenvalue weighted by Crippen LogP contribution is 2.46. The van der Waals surface area contributed by atoms with E-state index in [4.69, 9.17) is 0 Å². The molecule has 1 aliphatic carbocycles. The summed E-state index contributed by atoms with van der Waals surface area (Å²) in [4.78, 5) is 0. The summed E-state index contributed by atoms with van der Waals surface area (Å²) in [5.74, 6) is 0. The quantitative estimate of drug-likeness (QED) is 0.818. The molecule has 0 amide bonds. The predicted octanol–water partition coefficient (Wildman–Crippen LogP) is 3.46. The summed E-state index contributed by atoms with van der Waals surface area (Å²) in [5.41, 5.74) is 1.58. The lowest BCUT2D eigenvalue weighted by atomic mass is 9.64. The van der Waals surface area contributed by atoms with E-state index in [-0.39, 0.29) is 5.41 Å². The van der Waals surface area contributed by atoms with Gasteiger partial charge in [0.05, 0.1) is 17.7 Å². The molecule has 0 aliphatic heterocycles. The van der Waals surface area contributed by atoms with Gasteiger partial charge in [-0.2, -0.15) is 10.4 Å². The van der Waals surface area contributed by atoms with Gasteiger partial charge in [0.2, 0.25) is 0 Å². The van der Waals surface area contributed by atoms with E-state index in [1.54, 1.807) is 0 Å². The summed E-state index contributed by atoms with van der Waals surface area (Å²) >= 11 is 0. The van der Waals surface area contributed by atoms with Crippen LogP contribution in [0.3, 0.4) is 0 Å². The van der Waals surface area contributed by atoms with Crippen molar-refractivity contribution < 1.29 is 0 Å². The van der Waals surface area contributed by atoms with Crippen molar-refractivity contribution in [2.45, 2.75) is 52.4 Å². The Hall–Kier alpha value is -1.30. The lowest BCUT2D eigenvalue weighted by molar-refractivity contribution is 0.138. The van der Waals surface area contributed by atoms with Crippen LogP contribution in [0.2, 0.25) is 0 Å². The minimum atomic E-state index is -0.0919. The second-order valence-electron chi connectivity index (χ2n) is 6.58. The molecule has 2 rings (SSSR count). The van der Waals surface area contributed by atoms with Crippen LogP contribution >= 0.6 is 0 Å². The minimum absolute atomic E-state index is 0.0919. The van der Waals surface area contributed by atoms with Crippen molar-refractivity contribution >= 4 is 0 Å². The number of hydrogen-bond acceptors (Lipinski definition) is 2. The molecule has 1 heterocycles. The Bertz CT molecular complexity index is 441. The van der Waals surface area contributed by atoms with E-state index < -0.39 is 0 Å². The van der Waals surface area contributed by atoms with E-state index in [9.17, 15) is 5.26 Å². The van der Waals surface area contributed by atoms with Crippen molar-refractivity contribution in [2.24, 2.45) is 17.9 Å². The van der Waals surface area contributed by atoms with E-state index in [0.29, 0.717) is 5.41 Å². The predicted molar refractivity (Wildman–Crippen MR) is 71.8 cm³/mol. The zero-order chi connectivity index (χ0) is 13.2. The molecule has 1 aromatic rings. The molecule has 3 nitrogen and oxygen atoms in total. The maximum atomic E-state index is 9.52. The van der Waals surface area contributed by atoms with Crippen LogP contribution < -0.4 is 0 Å². The van der Waals surface area contributed by atoms with Crippen molar-refractivity contribution in [3.8, 4) is 6.07 Å². The van der Waals surface area contributed by atoms with Gasteiger partial charge in [-0.15, -0.1) is 0 Å². The minimum Gasteiger partial charge on any atom is -0.276 e. The summed E-state index contributed by atoms with van der Waals surface area (Å²) in [6, 6.07) is 2.61. The van der Waals surface area contributed by atoms with E-state index in [1.807, 2.05) is 17.9 Å². The fourth-order valence-electron chi connectivity index (χ4n) is 2.81. The van der Waals surface area contributed by atoms with Gasteiger partial charge in [0.15, 0.2) is 0 Å². The summed E-state index contributed by atoms with van der Waals surface area (Å²) in [5, 5.41) is 13.7. The Morgan fingerprint density at radius 2 is 2.00 bits per heavy atom. The first-order valence-corrected chi connectivity index (χ1v) is 6.84. The molecule has 18 heavy (non-hydrogen) atoms. The maximum absolute atomic E-state index is 9.52. The van der Waals surface area contributed by atoms with Crippen molar-refractivity contribution in [3.63, 3.8) is 0 Å². The molecule has 1 fully saturated rings. The van der Waals surface area contributed by atoms with Gasteiger partial charge in [0, 0.05) is 13.2 Å². The van der Waals surface area contributed by atoms with Crippen LogP contribution in [0, 0.1) is 22.2 Å². The molecule has 1 aromatic heterocycles. The molecule has 1 saturated carbocycles. The summed E-state index contributed by atoms with van der Waals surface area (Å²) in [6.45, 7) is 4.63. The third kappa shape index (κ3) is 2.93. The fraction of sp³-hybridized carbons (Fsp3) is 0.733.